The first kappa shape index (κ1) is 15.5. The third kappa shape index (κ3) is 4.55. The Balaban J connectivity index is 2.85. The molecule has 0 heterocycles. The molecule has 0 aliphatic carbocycles. The number of ether oxygens (including phenoxy) is 2. The summed E-state index contributed by atoms with van der Waals surface area (Å²) in [4.78, 5) is 10.7. The van der Waals surface area contributed by atoms with Gasteiger partial charge in [-0.2, -0.15) is 0 Å². The van der Waals surface area contributed by atoms with Crippen molar-refractivity contribution in [2.75, 3.05) is 6.61 Å². The molecule has 0 saturated heterocycles. The number of primary amides is 1. The van der Waals surface area contributed by atoms with Gasteiger partial charge in [0, 0.05) is 11.6 Å². The molecule has 19 heavy (non-hydrogen) atoms. The topological polar surface area (TPSA) is 61.6 Å². The van der Waals surface area contributed by atoms with Crippen LogP contribution in [0, 0.1) is 11.6 Å². The first-order valence-electron chi connectivity index (χ1n) is 5.40. The van der Waals surface area contributed by atoms with Crippen LogP contribution < -0.4 is 10.5 Å². The molecule has 0 saturated carbocycles. The lowest BCUT2D eigenvalue weighted by atomic mass is 10.1. The predicted molar refractivity (Wildman–Crippen MR) is 66.2 cm³/mol. The van der Waals surface area contributed by atoms with Crippen LogP contribution in [-0.2, 0) is 10.6 Å². The SMILES string of the molecule is CC(C)(COc1c(F)cc(F)cc1CCl)OC(N)=O. The summed E-state index contributed by atoms with van der Waals surface area (Å²) < 4.78 is 36.6. The number of hydrogen-bond donors (Lipinski definition) is 1. The summed E-state index contributed by atoms with van der Waals surface area (Å²) in [5, 5.41) is 0. The van der Waals surface area contributed by atoms with E-state index >= 15 is 0 Å². The van der Waals surface area contributed by atoms with Gasteiger partial charge >= 0.3 is 6.09 Å². The van der Waals surface area contributed by atoms with Crippen molar-refractivity contribution in [1.82, 2.24) is 0 Å². The minimum absolute atomic E-state index is 0.110. The Bertz CT molecular complexity index is 480. The fourth-order valence-corrected chi connectivity index (χ4v) is 1.62. The Labute approximate surface area is 114 Å². The molecule has 1 aromatic carbocycles. The van der Waals surface area contributed by atoms with Crippen molar-refractivity contribution in [3.8, 4) is 5.75 Å². The Kier molecular flexibility index (Phi) is 4.94. The molecule has 106 valence electrons. The lowest BCUT2D eigenvalue weighted by Crippen LogP contribution is -2.37. The normalized spacial score (nSPS) is 11.2. The third-order valence-electron chi connectivity index (χ3n) is 2.17. The molecule has 0 aromatic heterocycles. The van der Waals surface area contributed by atoms with Crippen molar-refractivity contribution in [1.29, 1.82) is 0 Å². The van der Waals surface area contributed by atoms with E-state index in [1.807, 2.05) is 0 Å². The molecule has 0 fully saturated rings. The van der Waals surface area contributed by atoms with Gasteiger partial charge in [-0.3, -0.25) is 0 Å². The highest BCUT2D eigenvalue weighted by molar-refractivity contribution is 6.17. The molecule has 0 atom stereocenters. The number of alkyl halides is 1. The quantitative estimate of drug-likeness (QED) is 0.849. The van der Waals surface area contributed by atoms with Crippen LogP contribution in [0.15, 0.2) is 12.1 Å². The summed E-state index contributed by atoms with van der Waals surface area (Å²) >= 11 is 5.59. The summed E-state index contributed by atoms with van der Waals surface area (Å²) in [6.45, 7) is 2.93. The predicted octanol–water partition coefficient (Wildman–Crippen LogP) is 2.96. The largest absolute Gasteiger partial charge is 0.486 e. The molecule has 1 amide bonds. The maximum atomic E-state index is 13.6. The summed E-state index contributed by atoms with van der Waals surface area (Å²) in [6, 6.07) is 1.76. The minimum atomic E-state index is -1.05. The van der Waals surface area contributed by atoms with Crippen molar-refractivity contribution in [3.63, 3.8) is 0 Å². The Morgan fingerprint density at radius 2 is 2.05 bits per heavy atom. The van der Waals surface area contributed by atoms with E-state index in [9.17, 15) is 13.6 Å². The number of nitrogens with two attached hydrogens (primary N) is 1. The third-order valence-corrected chi connectivity index (χ3v) is 2.46. The van der Waals surface area contributed by atoms with Crippen molar-refractivity contribution in [2.24, 2.45) is 5.73 Å². The second-order valence-corrected chi connectivity index (χ2v) is 4.75. The van der Waals surface area contributed by atoms with Gasteiger partial charge in [0.05, 0.1) is 5.88 Å². The van der Waals surface area contributed by atoms with Crippen LogP contribution in [0.4, 0.5) is 13.6 Å². The number of rotatable bonds is 5. The highest BCUT2D eigenvalue weighted by Crippen LogP contribution is 2.27. The van der Waals surface area contributed by atoms with E-state index < -0.39 is 23.3 Å². The molecule has 1 rings (SSSR count). The second-order valence-electron chi connectivity index (χ2n) is 4.48. The summed E-state index contributed by atoms with van der Waals surface area (Å²) in [5.41, 5.74) is 4.02. The first-order valence-corrected chi connectivity index (χ1v) is 5.94. The molecule has 0 bridgehead atoms. The monoisotopic (exact) mass is 293 g/mol. The standard InChI is InChI=1S/C12H14ClF2NO3/c1-12(2,19-11(16)17)6-18-10-7(5-13)3-8(14)4-9(10)15/h3-4H,5-6H2,1-2H3,(H2,16,17). The van der Waals surface area contributed by atoms with Gasteiger partial charge in [0.2, 0.25) is 0 Å². The molecule has 4 nitrogen and oxygen atoms in total. The van der Waals surface area contributed by atoms with Gasteiger partial charge in [0.25, 0.3) is 0 Å². The smallest absolute Gasteiger partial charge is 0.405 e. The van der Waals surface area contributed by atoms with Crippen molar-refractivity contribution >= 4 is 17.7 Å². The molecule has 7 heteroatoms. The average molecular weight is 294 g/mol. The number of benzene rings is 1. The van der Waals surface area contributed by atoms with Crippen LogP contribution in [0.3, 0.4) is 0 Å². The zero-order valence-corrected chi connectivity index (χ0v) is 11.3. The van der Waals surface area contributed by atoms with Crippen LogP contribution in [0.2, 0.25) is 0 Å². The first-order chi connectivity index (χ1) is 8.75. The van der Waals surface area contributed by atoms with Crippen molar-refractivity contribution in [2.45, 2.75) is 25.3 Å². The Hall–Kier alpha value is -1.56. The Morgan fingerprint density at radius 3 is 2.58 bits per heavy atom. The molecule has 0 radical (unpaired) electrons. The van der Waals surface area contributed by atoms with E-state index in [4.69, 9.17) is 26.8 Å². The maximum absolute atomic E-state index is 13.6. The molecular weight excluding hydrogens is 280 g/mol. The summed E-state index contributed by atoms with van der Waals surface area (Å²) in [6.07, 6.45) is -0.967. The van der Waals surface area contributed by atoms with Crippen LogP contribution >= 0.6 is 11.6 Å². The summed E-state index contributed by atoms with van der Waals surface area (Å²) in [5.74, 6) is -1.89. The Morgan fingerprint density at radius 1 is 1.42 bits per heavy atom. The van der Waals surface area contributed by atoms with Crippen molar-refractivity contribution < 1.29 is 23.0 Å². The second kappa shape index (κ2) is 6.06. The van der Waals surface area contributed by atoms with Gasteiger partial charge < -0.3 is 15.2 Å². The van der Waals surface area contributed by atoms with Gasteiger partial charge in [-0.1, -0.05) is 0 Å². The lowest BCUT2D eigenvalue weighted by Gasteiger charge is -2.24. The van der Waals surface area contributed by atoms with Gasteiger partial charge in [0.1, 0.15) is 18.0 Å². The fraction of sp³-hybridized carbons (Fsp3) is 0.417. The zero-order chi connectivity index (χ0) is 14.6. The van der Waals surface area contributed by atoms with Gasteiger partial charge in [-0.25, -0.2) is 13.6 Å². The highest BCUT2D eigenvalue weighted by Gasteiger charge is 2.24. The number of carbonyl (C=O) groups excluding carboxylic acids is 1. The minimum Gasteiger partial charge on any atom is -0.486 e. The van der Waals surface area contributed by atoms with E-state index in [0.29, 0.717) is 6.07 Å². The van der Waals surface area contributed by atoms with E-state index in [0.717, 1.165) is 6.07 Å². The molecule has 2 N–H and O–H groups in total. The number of hydrogen-bond acceptors (Lipinski definition) is 3. The lowest BCUT2D eigenvalue weighted by molar-refractivity contribution is 0.00813. The highest BCUT2D eigenvalue weighted by atomic mass is 35.5. The van der Waals surface area contributed by atoms with Crippen LogP contribution in [0.5, 0.6) is 5.75 Å². The molecule has 0 aliphatic heterocycles. The molecule has 1 aromatic rings. The average Bonchev–Trinajstić information content (AvgIpc) is 2.24. The van der Waals surface area contributed by atoms with Crippen molar-refractivity contribution in [3.05, 3.63) is 29.3 Å². The van der Waals surface area contributed by atoms with Crippen LogP contribution in [0.25, 0.3) is 0 Å². The summed E-state index contributed by atoms with van der Waals surface area (Å²) in [7, 11) is 0. The van der Waals surface area contributed by atoms with E-state index in [1.54, 1.807) is 13.8 Å². The molecule has 0 aliphatic rings. The molecular formula is C12H14ClF2NO3. The number of halogens is 3. The number of carbonyl (C=O) groups is 1. The van der Waals surface area contributed by atoms with E-state index in [1.165, 1.54) is 0 Å². The van der Waals surface area contributed by atoms with Crippen LogP contribution in [0.1, 0.15) is 19.4 Å². The van der Waals surface area contributed by atoms with Crippen LogP contribution in [-0.4, -0.2) is 18.3 Å². The molecule has 0 spiro atoms. The van der Waals surface area contributed by atoms with E-state index in [-0.39, 0.29) is 23.8 Å². The van der Waals surface area contributed by atoms with E-state index in [2.05, 4.69) is 0 Å². The number of amides is 1. The maximum Gasteiger partial charge on any atom is 0.405 e. The van der Waals surface area contributed by atoms with Gasteiger partial charge in [0.15, 0.2) is 11.6 Å². The van der Waals surface area contributed by atoms with Gasteiger partial charge in [-0.15, -0.1) is 11.6 Å². The fourth-order valence-electron chi connectivity index (χ4n) is 1.42. The zero-order valence-electron chi connectivity index (χ0n) is 10.5. The van der Waals surface area contributed by atoms with Gasteiger partial charge in [-0.05, 0) is 19.9 Å². The molecule has 0 unspecified atom stereocenters.